The number of carbonyl (C=O) groups excluding carboxylic acids is 1. The maximum Gasteiger partial charge on any atom is 0.254 e. The van der Waals surface area contributed by atoms with Gasteiger partial charge >= 0.3 is 0 Å². The number of thioether (sulfide) groups is 1. The number of rotatable bonds is 3. The van der Waals surface area contributed by atoms with Gasteiger partial charge in [0.05, 0.1) is 11.3 Å². The molecule has 1 aromatic heterocycles. The van der Waals surface area contributed by atoms with Crippen molar-refractivity contribution in [1.82, 2.24) is 15.3 Å². The number of nitrogens with one attached hydrogen (secondary N) is 1. The summed E-state index contributed by atoms with van der Waals surface area (Å²) in [5, 5.41) is 2.51. The average Bonchev–Trinajstić information content (AvgIpc) is 2.18. The zero-order chi connectivity index (χ0) is 9.68. The molecule has 0 atom stereocenters. The Morgan fingerprint density at radius 3 is 2.62 bits per heavy atom. The molecule has 5 heteroatoms. The lowest BCUT2D eigenvalue weighted by molar-refractivity contribution is 0.0962. The SMILES string of the molecule is CNC(=O)c1cnc(CSC)nc1. The van der Waals surface area contributed by atoms with Crippen molar-refractivity contribution in [3.8, 4) is 0 Å². The van der Waals surface area contributed by atoms with E-state index in [1.807, 2.05) is 6.26 Å². The molecule has 0 saturated heterocycles. The van der Waals surface area contributed by atoms with Crippen LogP contribution in [0.5, 0.6) is 0 Å². The predicted octanol–water partition coefficient (Wildman–Crippen LogP) is 0.699. The van der Waals surface area contributed by atoms with Crippen LogP contribution in [-0.2, 0) is 5.75 Å². The van der Waals surface area contributed by atoms with E-state index in [4.69, 9.17) is 0 Å². The second kappa shape index (κ2) is 4.81. The van der Waals surface area contributed by atoms with Gasteiger partial charge in [-0.05, 0) is 6.26 Å². The van der Waals surface area contributed by atoms with Crippen LogP contribution in [0.3, 0.4) is 0 Å². The summed E-state index contributed by atoms with van der Waals surface area (Å²) < 4.78 is 0. The van der Waals surface area contributed by atoms with E-state index in [0.29, 0.717) is 5.56 Å². The standard InChI is InChI=1S/C8H11N3OS/c1-9-8(12)6-3-10-7(5-13-2)11-4-6/h3-4H,5H2,1-2H3,(H,9,12). The van der Waals surface area contributed by atoms with Crippen LogP contribution in [0.4, 0.5) is 0 Å². The van der Waals surface area contributed by atoms with Crippen LogP contribution < -0.4 is 5.32 Å². The number of amides is 1. The molecule has 0 fully saturated rings. The van der Waals surface area contributed by atoms with Crippen LogP contribution in [0, 0.1) is 0 Å². The second-order valence-corrected chi connectivity index (χ2v) is 3.27. The quantitative estimate of drug-likeness (QED) is 0.775. The molecule has 1 rings (SSSR count). The lowest BCUT2D eigenvalue weighted by atomic mass is 10.3. The molecule has 0 radical (unpaired) electrons. The fraction of sp³-hybridized carbons (Fsp3) is 0.375. The largest absolute Gasteiger partial charge is 0.355 e. The van der Waals surface area contributed by atoms with E-state index in [1.54, 1.807) is 18.8 Å². The number of nitrogens with zero attached hydrogens (tertiary/aromatic N) is 2. The maximum absolute atomic E-state index is 11.1. The maximum atomic E-state index is 11.1. The van der Waals surface area contributed by atoms with E-state index in [-0.39, 0.29) is 5.91 Å². The first-order valence-corrected chi connectivity index (χ1v) is 5.19. The average molecular weight is 197 g/mol. The first kappa shape index (κ1) is 9.98. The van der Waals surface area contributed by atoms with E-state index >= 15 is 0 Å². The Kier molecular flexibility index (Phi) is 3.70. The highest BCUT2D eigenvalue weighted by Gasteiger charge is 2.03. The monoisotopic (exact) mass is 197 g/mol. The molecule has 70 valence electrons. The smallest absolute Gasteiger partial charge is 0.254 e. The molecular weight excluding hydrogens is 186 g/mol. The number of hydrogen-bond acceptors (Lipinski definition) is 4. The van der Waals surface area contributed by atoms with Crippen LogP contribution in [0.1, 0.15) is 16.2 Å². The summed E-state index contributed by atoms with van der Waals surface area (Å²) in [7, 11) is 1.58. The second-order valence-electron chi connectivity index (χ2n) is 2.40. The van der Waals surface area contributed by atoms with Gasteiger partial charge in [-0.1, -0.05) is 0 Å². The van der Waals surface area contributed by atoms with E-state index in [9.17, 15) is 4.79 Å². The highest BCUT2D eigenvalue weighted by molar-refractivity contribution is 7.97. The minimum Gasteiger partial charge on any atom is -0.355 e. The van der Waals surface area contributed by atoms with Crippen molar-refractivity contribution in [1.29, 1.82) is 0 Å². The van der Waals surface area contributed by atoms with Crippen LogP contribution in [0.15, 0.2) is 12.4 Å². The summed E-state index contributed by atoms with van der Waals surface area (Å²) >= 11 is 1.65. The number of hydrogen-bond donors (Lipinski definition) is 1. The predicted molar refractivity (Wildman–Crippen MR) is 52.6 cm³/mol. The van der Waals surface area contributed by atoms with E-state index < -0.39 is 0 Å². The topological polar surface area (TPSA) is 54.9 Å². The molecule has 0 spiro atoms. The van der Waals surface area contributed by atoms with E-state index in [2.05, 4.69) is 15.3 Å². The normalized spacial score (nSPS) is 9.69. The fourth-order valence-electron chi connectivity index (χ4n) is 0.820. The van der Waals surface area contributed by atoms with Crippen molar-refractivity contribution in [3.05, 3.63) is 23.8 Å². The zero-order valence-electron chi connectivity index (χ0n) is 7.57. The van der Waals surface area contributed by atoms with Gasteiger partial charge in [-0.15, -0.1) is 0 Å². The van der Waals surface area contributed by atoms with E-state index in [0.717, 1.165) is 11.6 Å². The van der Waals surface area contributed by atoms with Gasteiger partial charge in [0.1, 0.15) is 5.82 Å². The van der Waals surface area contributed by atoms with Crippen molar-refractivity contribution in [3.63, 3.8) is 0 Å². The molecule has 0 aromatic carbocycles. The third-order valence-electron chi connectivity index (χ3n) is 1.47. The highest BCUT2D eigenvalue weighted by atomic mass is 32.2. The molecular formula is C8H11N3OS. The molecule has 13 heavy (non-hydrogen) atoms. The van der Waals surface area contributed by atoms with Crippen LogP contribution in [0.2, 0.25) is 0 Å². The summed E-state index contributed by atoms with van der Waals surface area (Å²) in [6.45, 7) is 0. The minimum atomic E-state index is -0.157. The number of aromatic nitrogens is 2. The highest BCUT2D eigenvalue weighted by Crippen LogP contribution is 2.03. The van der Waals surface area contributed by atoms with Gasteiger partial charge in [-0.3, -0.25) is 4.79 Å². The summed E-state index contributed by atoms with van der Waals surface area (Å²) in [6.07, 6.45) is 5.06. The van der Waals surface area contributed by atoms with Gasteiger partial charge in [0, 0.05) is 19.4 Å². The van der Waals surface area contributed by atoms with Crippen LogP contribution in [-0.4, -0.2) is 29.2 Å². The third-order valence-corrected chi connectivity index (χ3v) is 2.01. The molecule has 1 heterocycles. The lowest BCUT2D eigenvalue weighted by Gasteiger charge is -1.99. The Morgan fingerprint density at radius 2 is 2.15 bits per heavy atom. The number of carbonyl (C=O) groups is 1. The third kappa shape index (κ3) is 2.69. The molecule has 0 bridgehead atoms. The first-order valence-electron chi connectivity index (χ1n) is 3.80. The summed E-state index contributed by atoms with van der Waals surface area (Å²) in [6, 6.07) is 0. The van der Waals surface area contributed by atoms with Crippen molar-refractivity contribution in [2.45, 2.75) is 5.75 Å². The fourth-order valence-corrected chi connectivity index (χ4v) is 1.23. The Labute approximate surface area is 81.2 Å². The van der Waals surface area contributed by atoms with Gasteiger partial charge in [-0.2, -0.15) is 11.8 Å². The Balaban J connectivity index is 2.75. The van der Waals surface area contributed by atoms with Crippen molar-refractivity contribution >= 4 is 17.7 Å². The van der Waals surface area contributed by atoms with Crippen molar-refractivity contribution < 1.29 is 4.79 Å². The van der Waals surface area contributed by atoms with Crippen LogP contribution >= 0.6 is 11.8 Å². The summed E-state index contributed by atoms with van der Waals surface area (Å²) in [5.74, 6) is 1.37. The van der Waals surface area contributed by atoms with E-state index in [1.165, 1.54) is 12.4 Å². The van der Waals surface area contributed by atoms with Gasteiger partial charge in [-0.25, -0.2) is 9.97 Å². The summed E-state index contributed by atoms with van der Waals surface area (Å²) in [4.78, 5) is 19.2. The van der Waals surface area contributed by atoms with Crippen molar-refractivity contribution in [2.24, 2.45) is 0 Å². The summed E-state index contributed by atoms with van der Waals surface area (Å²) in [5.41, 5.74) is 0.493. The van der Waals surface area contributed by atoms with Crippen molar-refractivity contribution in [2.75, 3.05) is 13.3 Å². The van der Waals surface area contributed by atoms with Gasteiger partial charge < -0.3 is 5.32 Å². The molecule has 0 aliphatic rings. The molecule has 1 amide bonds. The van der Waals surface area contributed by atoms with Gasteiger partial charge in [0.25, 0.3) is 5.91 Å². The van der Waals surface area contributed by atoms with Gasteiger partial charge in [0.2, 0.25) is 0 Å². The molecule has 0 aliphatic carbocycles. The Morgan fingerprint density at radius 1 is 1.54 bits per heavy atom. The molecule has 1 N–H and O–H groups in total. The Bertz CT molecular complexity index is 286. The van der Waals surface area contributed by atoms with Crippen LogP contribution in [0.25, 0.3) is 0 Å². The first-order chi connectivity index (χ1) is 6.27. The molecule has 0 saturated carbocycles. The zero-order valence-corrected chi connectivity index (χ0v) is 8.39. The lowest BCUT2D eigenvalue weighted by Crippen LogP contribution is -2.18. The molecule has 0 aliphatic heterocycles. The molecule has 1 aromatic rings. The Hall–Kier alpha value is -1.10. The van der Waals surface area contributed by atoms with Gasteiger partial charge in [0.15, 0.2) is 0 Å². The molecule has 0 unspecified atom stereocenters. The minimum absolute atomic E-state index is 0.157. The molecule has 4 nitrogen and oxygen atoms in total.